The van der Waals surface area contributed by atoms with Gasteiger partial charge in [0.25, 0.3) is 0 Å². The van der Waals surface area contributed by atoms with E-state index in [-0.39, 0.29) is 5.54 Å². The zero-order chi connectivity index (χ0) is 11.4. The van der Waals surface area contributed by atoms with Gasteiger partial charge in [-0.3, -0.25) is 4.90 Å². The summed E-state index contributed by atoms with van der Waals surface area (Å²) < 4.78 is 0. The topological polar surface area (TPSA) is 30.3 Å². The molecule has 0 bridgehead atoms. The lowest BCUT2D eigenvalue weighted by Gasteiger charge is -2.43. The quantitative estimate of drug-likeness (QED) is 0.633. The highest BCUT2D eigenvalue weighted by Crippen LogP contribution is 2.32. The highest BCUT2D eigenvalue weighted by atomic mass is 15.3. The van der Waals surface area contributed by atoms with E-state index >= 15 is 0 Å². The van der Waals surface area contributed by atoms with E-state index in [0.717, 1.165) is 39.0 Å². The molecule has 0 atom stereocenters. The summed E-state index contributed by atoms with van der Waals surface area (Å²) in [5.41, 5.74) is -0.127. The largest absolute Gasteiger partial charge is 0.304 e. The smallest absolute Gasteiger partial charge is 0.109 e. The third kappa shape index (κ3) is 2.39. The van der Waals surface area contributed by atoms with Gasteiger partial charge in [-0.2, -0.15) is 5.26 Å². The first-order chi connectivity index (χ1) is 7.77. The lowest BCUT2D eigenvalue weighted by molar-refractivity contribution is 0.0638. The highest BCUT2D eigenvalue weighted by Gasteiger charge is 2.38. The van der Waals surface area contributed by atoms with Crippen molar-refractivity contribution in [3.63, 3.8) is 0 Å². The van der Waals surface area contributed by atoms with Crippen LogP contribution in [0.2, 0.25) is 0 Å². The molecule has 2 aliphatic rings. The first-order valence-electron chi connectivity index (χ1n) is 6.62. The van der Waals surface area contributed by atoms with E-state index in [4.69, 9.17) is 0 Å². The fourth-order valence-corrected chi connectivity index (χ4v) is 3.05. The zero-order valence-corrected chi connectivity index (χ0v) is 10.4. The lowest BCUT2D eigenvalue weighted by Crippen LogP contribution is -2.55. The van der Waals surface area contributed by atoms with Crippen LogP contribution in [0.15, 0.2) is 0 Å². The van der Waals surface area contributed by atoms with Crippen LogP contribution in [0.3, 0.4) is 0 Å². The Hall–Kier alpha value is -0.590. The molecule has 0 N–H and O–H groups in total. The van der Waals surface area contributed by atoms with Crippen LogP contribution >= 0.6 is 0 Å². The van der Waals surface area contributed by atoms with Gasteiger partial charge in [0.05, 0.1) is 6.07 Å². The summed E-state index contributed by atoms with van der Waals surface area (Å²) in [4.78, 5) is 4.82. The van der Waals surface area contributed by atoms with Crippen molar-refractivity contribution in [2.24, 2.45) is 0 Å². The van der Waals surface area contributed by atoms with Crippen molar-refractivity contribution in [2.45, 2.75) is 44.1 Å². The Morgan fingerprint density at radius 2 is 1.50 bits per heavy atom. The molecule has 0 unspecified atom stereocenters. The Labute approximate surface area is 99.0 Å². The number of rotatable bonds is 1. The first kappa shape index (κ1) is 11.9. The predicted molar refractivity (Wildman–Crippen MR) is 65.1 cm³/mol. The maximum atomic E-state index is 9.58. The van der Waals surface area contributed by atoms with Gasteiger partial charge in [-0.05, 0) is 19.9 Å². The summed E-state index contributed by atoms with van der Waals surface area (Å²) in [5, 5.41) is 9.58. The summed E-state index contributed by atoms with van der Waals surface area (Å²) in [5.74, 6) is 0. The average Bonchev–Trinajstić information content (AvgIpc) is 2.56. The Balaban J connectivity index is 2.05. The maximum absolute atomic E-state index is 9.58. The number of nitriles is 1. The van der Waals surface area contributed by atoms with E-state index < -0.39 is 0 Å². The first-order valence-corrected chi connectivity index (χ1v) is 6.62. The fraction of sp³-hybridized carbons (Fsp3) is 0.923. The van der Waals surface area contributed by atoms with Crippen molar-refractivity contribution in [2.75, 3.05) is 33.2 Å². The molecule has 0 radical (unpaired) electrons. The molecular formula is C13H23N3. The molecule has 2 rings (SSSR count). The van der Waals surface area contributed by atoms with Gasteiger partial charge in [-0.15, -0.1) is 0 Å². The lowest BCUT2D eigenvalue weighted by atomic mass is 9.89. The standard InChI is InChI=1S/C13H23N3/c1-15-8-10-16(11-9-15)13(12-14)6-4-2-3-5-7-13/h2-11H2,1H3. The van der Waals surface area contributed by atoms with Crippen molar-refractivity contribution in [3.05, 3.63) is 0 Å². The van der Waals surface area contributed by atoms with E-state index in [9.17, 15) is 5.26 Å². The van der Waals surface area contributed by atoms with Crippen LogP contribution in [0.1, 0.15) is 38.5 Å². The molecule has 0 aromatic heterocycles. The predicted octanol–water partition coefficient (Wildman–Crippen LogP) is 1.85. The van der Waals surface area contributed by atoms with Crippen LogP contribution in [0, 0.1) is 11.3 Å². The van der Waals surface area contributed by atoms with Crippen LogP contribution in [0.5, 0.6) is 0 Å². The van der Waals surface area contributed by atoms with Gasteiger partial charge in [-0.25, -0.2) is 0 Å². The third-order valence-electron chi connectivity index (χ3n) is 4.25. The van der Waals surface area contributed by atoms with E-state index in [2.05, 4.69) is 22.9 Å². The Kier molecular flexibility index (Phi) is 3.83. The summed E-state index contributed by atoms with van der Waals surface area (Å²) in [6, 6.07) is 2.65. The second kappa shape index (κ2) is 5.16. The minimum absolute atomic E-state index is 0.127. The van der Waals surface area contributed by atoms with Crippen LogP contribution in [0.25, 0.3) is 0 Å². The summed E-state index contributed by atoms with van der Waals surface area (Å²) in [7, 11) is 2.17. The van der Waals surface area contributed by atoms with Gasteiger partial charge in [-0.1, -0.05) is 25.7 Å². The average molecular weight is 221 g/mol. The molecule has 1 saturated carbocycles. The van der Waals surface area contributed by atoms with Gasteiger partial charge in [0.1, 0.15) is 5.54 Å². The van der Waals surface area contributed by atoms with Crippen LogP contribution in [0.4, 0.5) is 0 Å². The SMILES string of the molecule is CN1CCN(C2(C#N)CCCCCC2)CC1. The molecule has 1 saturated heterocycles. The number of likely N-dealkylation sites (N-methyl/N-ethyl adjacent to an activating group) is 1. The molecule has 16 heavy (non-hydrogen) atoms. The van der Waals surface area contributed by atoms with E-state index in [1.54, 1.807) is 0 Å². The highest BCUT2D eigenvalue weighted by molar-refractivity contribution is 5.09. The van der Waals surface area contributed by atoms with Gasteiger partial charge in [0, 0.05) is 26.2 Å². The van der Waals surface area contributed by atoms with E-state index in [1.807, 2.05) is 0 Å². The minimum Gasteiger partial charge on any atom is -0.304 e. The van der Waals surface area contributed by atoms with Gasteiger partial charge in [0.15, 0.2) is 0 Å². The zero-order valence-electron chi connectivity index (χ0n) is 10.4. The van der Waals surface area contributed by atoms with Crippen molar-refractivity contribution in [1.29, 1.82) is 5.26 Å². The number of piperazine rings is 1. The molecule has 1 aliphatic heterocycles. The third-order valence-corrected chi connectivity index (χ3v) is 4.25. The summed E-state index contributed by atoms with van der Waals surface area (Å²) >= 11 is 0. The number of nitrogens with zero attached hydrogens (tertiary/aromatic N) is 3. The van der Waals surface area contributed by atoms with Crippen molar-refractivity contribution in [3.8, 4) is 6.07 Å². The van der Waals surface area contributed by atoms with Crippen molar-refractivity contribution >= 4 is 0 Å². The van der Waals surface area contributed by atoms with Gasteiger partial charge < -0.3 is 4.90 Å². The summed E-state index contributed by atoms with van der Waals surface area (Å²) in [6.45, 7) is 4.38. The molecule has 90 valence electrons. The van der Waals surface area contributed by atoms with E-state index in [1.165, 1.54) is 25.7 Å². The molecule has 3 nitrogen and oxygen atoms in total. The normalized spacial score (nSPS) is 28.2. The van der Waals surface area contributed by atoms with Crippen molar-refractivity contribution in [1.82, 2.24) is 9.80 Å². The molecule has 0 amide bonds. The van der Waals surface area contributed by atoms with E-state index in [0.29, 0.717) is 0 Å². The van der Waals surface area contributed by atoms with Crippen LogP contribution < -0.4 is 0 Å². The van der Waals surface area contributed by atoms with Crippen LogP contribution in [-0.2, 0) is 0 Å². The Morgan fingerprint density at radius 1 is 0.938 bits per heavy atom. The van der Waals surface area contributed by atoms with Gasteiger partial charge in [0.2, 0.25) is 0 Å². The maximum Gasteiger partial charge on any atom is 0.109 e. The fourth-order valence-electron chi connectivity index (χ4n) is 3.05. The molecule has 1 aliphatic carbocycles. The molecule has 0 aromatic carbocycles. The molecular weight excluding hydrogens is 198 g/mol. The number of hydrogen-bond donors (Lipinski definition) is 0. The number of hydrogen-bond acceptors (Lipinski definition) is 3. The monoisotopic (exact) mass is 221 g/mol. The minimum atomic E-state index is -0.127. The molecule has 2 fully saturated rings. The second-order valence-electron chi connectivity index (χ2n) is 5.35. The second-order valence-corrected chi connectivity index (χ2v) is 5.35. The molecule has 0 aromatic rings. The Morgan fingerprint density at radius 3 is 2.00 bits per heavy atom. The Bertz CT molecular complexity index is 253. The molecule has 0 spiro atoms. The van der Waals surface area contributed by atoms with Crippen LogP contribution in [-0.4, -0.2) is 48.6 Å². The molecule has 3 heteroatoms. The summed E-state index contributed by atoms with van der Waals surface area (Å²) in [6.07, 6.45) is 7.29. The van der Waals surface area contributed by atoms with Crippen molar-refractivity contribution < 1.29 is 0 Å². The molecule has 1 heterocycles. The van der Waals surface area contributed by atoms with Gasteiger partial charge >= 0.3 is 0 Å².